The van der Waals surface area contributed by atoms with E-state index in [0.717, 1.165) is 40.2 Å². The lowest BCUT2D eigenvalue weighted by Gasteiger charge is -2.12. The SMILES string of the molecule is CCCc1nc2c(c(=O)[nH]c(=O)n2CCc2ccccc2)n1Cc1ccc(-c2ccccc2-n2cnnn2)cc1. The number of para-hydroxylation sites is 1. The van der Waals surface area contributed by atoms with Gasteiger partial charge in [0.1, 0.15) is 12.2 Å². The first kappa shape index (κ1) is 25.2. The predicted octanol–water partition coefficient (Wildman–Crippen LogP) is 3.77. The van der Waals surface area contributed by atoms with Crippen molar-refractivity contribution >= 4 is 11.2 Å². The summed E-state index contributed by atoms with van der Waals surface area (Å²) in [6.07, 6.45) is 3.79. The van der Waals surface area contributed by atoms with Gasteiger partial charge in [-0.15, -0.1) is 5.10 Å². The van der Waals surface area contributed by atoms with E-state index in [2.05, 4.69) is 39.6 Å². The summed E-state index contributed by atoms with van der Waals surface area (Å²) in [5.41, 5.74) is 5.03. The van der Waals surface area contributed by atoms with Gasteiger partial charge in [0.15, 0.2) is 11.2 Å². The van der Waals surface area contributed by atoms with Crippen LogP contribution < -0.4 is 11.2 Å². The molecule has 0 fully saturated rings. The number of fused-ring (bicyclic) bond motifs is 1. The van der Waals surface area contributed by atoms with Crippen LogP contribution in [0.25, 0.3) is 28.0 Å². The number of imidazole rings is 1. The van der Waals surface area contributed by atoms with Crippen molar-refractivity contribution in [3.63, 3.8) is 0 Å². The molecule has 3 aromatic carbocycles. The van der Waals surface area contributed by atoms with Gasteiger partial charge in [0, 0.05) is 25.1 Å². The summed E-state index contributed by atoms with van der Waals surface area (Å²) in [4.78, 5) is 33.3. The number of hydrogen-bond acceptors (Lipinski definition) is 6. The molecule has 0 bridgehead atoms. The highest BCUT2D eigenvalue weighted by Gasteiger charge is 2.19. The number of tetrazole rings is 1. The second-order valence-corrected chi connectivity index (χ2v) is 9.65. The van der Waals surface area contributed by atoms with Crippen molar-refractivity contribution in [1.29, 1.82) is 0 Å². The molecule has 10 heteroatoms. The van der Waals surface area contributed by atoms with Crippen LogP contribution in [-0.4, -0.2) is 39.3 Å². The third-order valence-corrected chi connectivity index (χ3v) is 7.01. The fourth-order valence-corrected chi connectivity index (χ4v) is 5.06. The van der Waals surface area contributed by atoms with Gasteiger partial charge in [0.2, 0.25) is 0 Å². The maximum Gasteiger partial charge on any atom is 0.330 e. The van der Waals surface area contributed by atoms with E-state index in [9.17, 15) is 9.59 Å². The molecule has 200 valence electrons. The fourth-order valence-electron chi connectivity index (χ4n) is 5.06. The molecular weight excluding hydrogens is 504 g/mol. The molecule has 0 amide bonds. The highest BCUT2D eigenvalue weighted by Crippen LogP contribution is 2.27. The van der Waals surface area contributed by atoms with Crippen molar-refractivity contribution < 1.29 is 0 Å². The second kappa shape index (κ2) is 10.9. The number of H-pyrrole nitrogens is 1. The summed E-state index contributed by atoms with van der Waals surface area (Å²) >= 11 is 0. The average Bonchev–Trinajstić information content (AvgIpc) is 3.63. The third-order valence-electron chi connectivity index (χ3n) is 7.01. The number of aromatic amines is 1. The topological polar surface area (TPSA) is 116 Å². The Morgan fingerprint density at radius 1 is 0.825 bits per heavy atom. The molecule has 3 heterocycles. The second-order valence-electron chi connectivity index (χ2n) is 9.65. The normalized spacial score (nSPS) is 11.3. The predicted molar refractivity (Wildman–Crippen MR) is 152 cm³/mol. The maximum atomic E-state index is 13.1. The first-order valence-electron chi connectivity index (χ1n) is 13.3. The number of hydrogen-bond donors (Lipinski definition) is 1. The fraction of sp³-hybridized carbons (Fsp3) is 0.200. The lowest BCUT2D eigenvalue weighted by molar-refractivity contribution is 0.666. The lowest BCUT2D eigenvalue weighted by atomic mass is 10.0. The Balaban J connectivity index is 1.35. The van der Waals surface area contributed by atoms with E-state index in [0.29, 0.717) is 37.1 Å². The van der Waals surface area contributed by atoms with Crippen LogP contribution in [0, 0.1) is 0 Å². The van der Waals surface area contributed by atoms with Crippen molar-refractivity contribution in [2.45, 2.75) is 39.3 Å². The molecule has 40 heavy (non-hydrogen) atoms. The smallest absolute Gasteiger partial charge is 0.318 e. The third kappa shape index (κ3) is 4.86. The molecule has 0 radical (unpaired) electrons. The van der Waals surface area contributed by atoms with E-state index in [4.69, 9.17) is 4.98 Å². The Labute approximate surface area is 229 Å². The van der Waals surface area contributed by atoms with Crippen LogP contribution in [0.5, 0.6) is 0 Å². The van der Waals surface area contributed by atoms with Crippen LogP contribution in [0.1, 0.15) is 30.3 Å². The van der Waals surface area contributed by atoms with Gasteiger partial charge in [-0.3, -0.25) is 14.3 Å². The van der Waals surface area contributed by atoms with Crippen LogP contribution in [-0.2, 0) is 25.9 Å². The first-order valence-corrected chi connectivity index (χ1v) is 13.3. The molecule has 0 aliphatic carbocycles. The van der Waals surface area contributed by atoms with Gasteiger partial charge >= 0.3 is 5.69 Å². The number of nitrogens with one attached hydrogen (secondary N) is 1. The number of nitrogens with zero attached hydrogens (tertiary/aromatic N) is 7. The molecule has 10 nitrogen and oxygen atoms in total. The van der Waals surface area contributed by atoms with Gasteiger partial charge in [0.25, 0.3) is 5.56 Å². The van der Waals surface area contributed by atoms with Crippen molar-refractivity contribution in [3.05, 3.63) is 123 Å². The first-order chi connectivity index (χ1) is 19.6. The van der Waals surface area contributed by atoms with Crippen LogP contribution in [0.2, 0.25) is 0 Å². The van der Waals surface area contributed by atoms with E-state index in [1.54, 1.807) is 15.6 Å². The lowest BCUT2D eigenvalue weighted by Crippen LogP contribution is -2.31. The Morgan fingerprint density at radius 2 is 1.60 bits per heavy atom. The van der Waals surface area contributed by atoms with Crippen molar-refractivity contribution in [2.75, 3.05) is 0 Å². The number of benzene rings is 3. The van der Waals surface area contributed by atoms with Gasteiger partial charge in [-0.05, 0) is 46.0 Å². The van der Waals surface area contributed by atoms with Crippen LogP contribution in [0.3, 0.4) is 0 Å². The van der Waals surface area contributed by atoms with Gasteiger partial charge in [-0.1, -0.05) is 79.7 Å². The average molecular weight is 533 g/mol. The summed E-state index contributed by atoms with van der Waals surface area (Å²) in [7, 11) is 0. The van der Waals surface area contributed by atoms with E-state index < -0.39 is 11.2 Å². The van der Waals surface area contributed by atoms with E-state index in [1.165, 1.54) is 0 Å². The van der Waals surface area contributed by atoms with Crippen LogP contribution in [0.15, 0.2) is 94.8 Å². The molecule has 0 atom stereocenters. The quantitative estimate of drug-likeness (QED) is 0.303. The molecule has 1 N–H and O–H groups in total. The summed E-state index contributed by atoms with van der Waals surface area (Å²) in [6, 6.07) is 26.1. The zero-order chi connectivity index (χ0) is 27.5. The Morgan fingerprint density at radius 3 is 2.35 bits per heavy atom. The molecule has 6 aromatic rings. The van der Waals surface area contributed by atoms with E-state index >= 15 is 0 Å². The summed E-state index contributed by atoms with van der Waals surface area (Å²) in [6.45, 7) is 2.96. The molecular formula is C30H28N8O2. The maximum absolute atomic E-state index is 13.1. The molecule has 0 aliphatic rings. The van der Waals surface area contributed by atoms with E-state index in [1.807, 2.05) is 71.3 Å². The minimum atomic E-state index is -0.438. The van der Waals surface area contributed by atoms with Gasteiger partial charge < -0.3 is 4.57 Å². The zero-order valence-corrected chi connectivity index (χ0v) is 22.1. The van der Waals surface area contributed by atoms with Crippen molar-refractivity contribution in [2.24, 2.45) is 0 Å². The Kier molecular flexibility index (Phi) is 6.88. The molecule has 3 aromatic heterocycles. The zero-order valence-electron chi connectivity index (χ0n) is 22.1. The highest BCUT2D eigenvalue weighted by molar-refractivity contribution is 5.73. The monoisotopic (exact) mass is 532 g/mol. The molecule has 0 spiro atoms. The minimum absolute atomic E-state index is 0.419. The van der Waals surface area contributed by atoms with Gasteiger partial charge in [-0.2, -0.15) is 4.68 Å². The minimum Gasteiger partial charge on any atom is -0.318 e. The molecule has 0 saturated carbocycles. The summed E-state index contributed by atoms with van der Waals surface area (Å²) < 4.78 is 5.17. The van der Waals surface area contributed by atoms with Gasteiger partial charge in [-0.25, -0.2) is 9.78 Å². The highest BCUT2D eigenvalue weighted by atomic mass is 16.2. The van der Waals surface area contributed by atoms with Gasteiger partial charge in [0.05, 0.1) is 5.69 Å². The summed E-state index contributed by atoms with van der Waals surface area (Å²) in [5.74, 6) is 0.787. The van der Waals surface area contributed by atoms with Crippen molar-refractivity contribution in [1.82, 2.24) is 39.3 Å². The van der Waals surface area contributed by atoms with Crippen molar-refractivity contribution in [3.8, 4) is 16.8 Å². The van der Waals surface area contributed by atoms with Crippen LogP contribution in [0.4, 0.5) is 0 Å². The van der Waals surface area contributed by atoms with Crippen LogP contribution >= 0.6 is 0 Å². The molecule has 0 aliphatic heterocycles. The van der Waals surface area contributed by atoms with E-state index in [-0.39, 0.29) is 0 Å². The Hall–Kier alpha value is -5.12. The Bertz CT molecular complexity index is 1870. The largest absolute Gasteiger partial charge is 0.330 e. The molecule has 0 unspecified atom stereocenters. The number of rotatable bonds is 9. The molecule has 6 rings (SSSR count). The number of aromatic nitrogens is 8. The standard InChI is InChI=1S/C30H28N8O2/c1-2-8-26-32-28-27(29(39)33-30(40)36(28)18-17-21-9-4-3-5-10-21)37(26)19-22-13-15-23(16-14-22)24-11-6-7-12-25(24)38-20-31-34-35-38/h3-7,9-16,20H,2,8,17-19H2,1H3,(H,33,39,40). The molecule has 0 saturated heterocycles. The summed E-state index contributed by atoms with van der Waals surface area (Å²) in [5, 5.41) is 11.6. The number of aryl methyl sites for hydroxylation is 3.